The van der Waals surface area contributed by atoms with Crippen molar-refractivity contribution in [3.05, 3.63) is 65.4 Å². The lowest BCUT2D eigenvalue weighted by atomic mass is 10.1. The van der Waals surface area contributed by atoms with Crippen molar-refractivity contribution in [3.8, 4) is 0 Å². The van der Waals surface area contributed by atoms with Crippen LogP contribution in [0.25, 0.3) is 0 Å². The summed E-state index contributed by atoms with van der Waals surface area (Å²) >= 11 is 0. The van der Waals surface area contributed by atoms with E-state index in [2.05, 4.69) is 53.5 Å². The largest absolute Gasteiger partial charge is 0.467 e. The quantitative estimate of drug-likeness (QED) is 0.733. The molecule has 0 spiro atoms. The molecular formula is C18H20N4O. The predicted molar refractivity (Wildman–Crippen MR) is 92.0 cm³/mol. The van der Waals surface area contributed by atoms with E-state index in [9.17, 15) is 0 Å². The fourth-order valence-corrected chi connectivity index (χ4v) is 2.62. The molecule has 5 nitrogen and oxygen atoms in total. The molecular weight excluding hydrogens is 288 g/mol. The third kappa shape index (κ3) is 3.69. The summed E-state index contributed by atoms with van der Waals surface area (Å²) in [7, 11) is 0. The molecule has 5 heteroatoms. The van der Waals surface area contributed by atoms with Crippen LogP contribution >= 0.6 is 0 Å². The number of furan rings is 1. The van der Waals surface area contributed by atoms with E-state index in [0.29, 0.717) is 6.54 Å². The molecule has 0 saturated carbocycles. The van der Waals surface area contributed by atoms with Crippen molar-refractivity contribution in [2.45, 2.75) is 27.3 Å². The van der Waals surface area contributed by atoms with Crippen LogP contribution in [0.4, 0.5) is 17.3 Å². The van der Waals surface area contributed by atoms with E-state index < -0.39 is 0 Å². The molecule has 2 heterocycles. The molecule has 118 valence electrons. The molecule has 0 radical (unpaired) electrons. The Bertz CT molecular complexity index is 774. The van der Waals surface area contributed by atoms with E-state index in [0.717, 1.165) is 23.1 Å². The molecule has 0 fully saturated rings. The van der Waals surface area contributed by atoms with E-state index in [1.165, 1.54) is 16.7 Å². The van der Waals surface area contributed by atoms with E-state index in [1.54, 1.807) is 12.6 Å². The van der Waals surface area contributed by atoms with Crippen LogP contribution in [0.3, 0.4) is 0 Å². The molecule has 0 saturated heterocycles. The summed E-state index contributed by atoms with van der Waals surface area (Å²) in [6.07, 6.45) is 3.21. The summed E-state index contributed by atoms with van der Waals surface area (Å²) in [5.74, 6) is 2.38. The average Bonchev–Trinajstić information content (AvgIpc) is 3.03. The SMILES string of the molecule is Cc1cc(C)c(Nc2cc(NCc3ccco3)ncn2)c(C)c1. The number of rotatable bonds is 5. The molecule has 0 unspecified atom stereocenters. The summed E-state index contributed by atoms with van der Waals surface area (Å²) < 4.78 is 5.30. The van der Waals surface area contributed by atoms with E-state index in [-0.39, 0.29) is 0 Å². The highest BCUT2D eigenvalue weighted by molar-refractivity contribution is 5.66. The molecule has 23 heavy (non-hydrogen) atoms. The van der Waals surface area contributed by atoms with Gasteiger partial charge in [-0.2, -0.15) is 0 Å². The Hall–Kier alpha value is -2.82. The normalized spacial score (nSPS) is 10.6. The van der Waals surface area contributed by atoms with Gasteiger partial charge in [0.2, 0.25) is 0 Å². The van der Waals surface area contributed by atoms with Crippen molar-refractivity contribution in [3.63, 3.8) is 0 Å². The van der Waals surface area contributed by atoms with E-state index in [1.807, 2.05) is 18.2 Å². The lowest BCUT2D eigenvalue weighted by molar-refractivity contribution is 0.518. The minimum atomic E-state index is 0.589. The first kappa shape index (κ1) is 15.1. The van der Waals surface area contributed by atoms with Crippen molar-refractivity contribution in [1.29, 1.82) is 0 Å². The number of anilines is 3. The number of aryl methyl sites for hydroxylation is 3. The molecule has 3 aromatic rings. The summed E-state index contributed by atoms with van der Waals surface area (Å²) in [6.45, 7) is 6.89. The minimum absolute atomic E-state index is 0.589. The van der Waals surface area contributed by atoms with Crippen LogP contribution in [0.5, 0.6) is 0 Å². The van der Waals surface area contributed by atoms with Gasteiger partial charge in [-0.1, -0.05) is 17.7 Å². The lowest BCUT2D eigenvalue weighted by Crippen LogP contribution is -2.03. The van der Waals surface area contributed by atoms with Gasteiger partial charge in [-0.05, 0) is 44.0 Å². The fourth-order valence-electron chi connectivity index (χ4n) is 2.62. The third-order valence-electron chi connectivity index (χ3n) is 3.62. The monoisotopic (exact) mass is 308 g/mol. The van der Waals surface area contributed by atoms with Gasteiger partial charge in [0.25, 0.3) is 0 Å². The van der Waals surface area contributed by atoms with Gasteiger partial charge in [-0.15, -0.1) is 0 Å². The van der Waals surface area contributed by atoms with Crippen LogP contribution in [0.1, 0.15) is 22.5 Å². The van der Waals surface area contributed by atoms with Crippen molar-refractivity contribution in [2.24, 2.45) is 0 Å². The molecule has 0 aliphatic heterocycles. The zero-order valence-electron chi connectivity index (χ0n) is 13.6. The smallest absolute Gasteiger partial charge is 0.135 e. The van der Waals surface area contributed by atoms with Crippen LogP contribution in [0, 0.1) is 20.8 Å². The minimum Gasteiger partial charge on any atom is -0.467 e. The Kier molecular flexibility index (Phi) is 4.28. The Morgan fingerprint density at radius 1 is 1.00 bits per heavy atom. The number of hydrogen-bond acceptors (Lipinski definition) is 5. The first-order chi connectivity index (χ1) is 11.1. The van der Waals surface area contributed by atoms with Gasteiger partial charge in [0.05, 0.1) is 12.8 Å². The standard InChI is InChI=1S/C18H20N4O/c1-12-7-13(2)18(14(3)8-12)22-17-9-16(20-11-21-17)19-10-15-5-4-6-23-15/h4-9,11H,10H2,1-3H3,(H2,19,20,21,22). The zero-order valence-corrected chi connectivity index (χ0v) is 13.6. The maximum absolute atomic E-state index is 5.30. The molecule has 2 aromatic heterocycles. The molecule has 0 atom stereocenters. The Morgan fingerprint density at radius 3 is 2.43 bits per heavy atom. The van der Waals surface area contributed by atoms with Crippen LogP contribution in [-0.2, 0) is 6.54 Å². The lowest BCUT2D eigenvalue weighted by Gasteiger charge is -2.14. The molecule has 3 rings (SSSR count). The van der Waals surface area contributed by atoms with E-state index in [4.69, 9.17) is 4.42 Å². The van der Waals surface area contributed by atoms with Crippen molar-refractivity contribution < 1.29 is 4.42 Å². The second-order valence-corrected chi connectivity index (χ2v) is 5.62. The molecule has 0 aliphatic rings. The molecule has 1 aromatic carbocycles. The topological polar surface area (TPSA) is 63.0 Å². The Balaban J connectivity index is 1.75. The number of hydrogen-bond donors (Lipinski definition) is 2. The van der Waals surface area contributed by atoms with Crippen LogP contribution in [-0.4, -0.2) is 9.97 Å². The number of nitrogens with zero attached hydrogens (tertiary/aromatic N) is 2. The average molecular weight is 308 g/mol. The number of benzene rings is 1. The molecule has 0 bridgehead atoms. The first-order valence-corrected chi connectivity index (χ1v) is 7.55. The van der Waals surface area contributed by atoms with Gasteiger partial charge in [-0.25, -0.2) is 9.97 Å². The second kappa shape index (κ2) is 6.52. The Labute approximate surface area is 135 Å². The molecule has 0 aliphatic carbocycles. The van der Waals surface area contributed by atoms with Crippen molar-refractivity contribution in [2.75, 3.05) is 10.6 Å². The Morgan fingerprint density at radius 2 is 1.74 bits per heavy atom. The third-order valence-corrected chi connectivity index (χ3v) is 3.62. The highest BCUT2D eigenvalue weighted by atomic mass is 16.3. The molecule has 2 N–H and O–H groups in total. The van der Waals surface area contributed by atoms with Crippen LogP contribution in [0.2, 0.25) is 0 Å². The fraction of sp³-hybridized carbons (Fsp3) is 0.222. The summed E-state index contributed by atoms with van der Waals surface area (Å²) in [6, 6.07) is 10.0. The first-order valence-electron chi connectivity index (χ1n) is 7.55. The summed E-state index contributed by atoms with van der Waals surface area (Å²) in [5.41, 5.74) is 4.75. The van der Waals surface area contributed by atoms with Gasteiger partial charge in [0.1, 0.15) is 23.7 Å². The highest BCUT2D eigenvalue weighted by Gasteiger charge is 2.06. The van der Waals surface area contributed by atoms with E-state index >= 15 is 0 Å². The van der Waals surface area contributed by atoms with Crippen LogP contribution < -0.4 is 10.6 Å². The summed E-state index contributed by atoms with van der Waals surface area (Å²) in [4.78, 5) is 8.53. The van der Waals surface area contributed by atoms with Crippen LogP contribution in [0.15, 0.2) is 47.3 Å². The van der Waals surface area contributed by atoms with Crippen molar-refractivity contribution >= 4 is 17.3 Å². The maximum atomic E-state index is 5.30. The van der Waals surface area contributed by atoms with Crippen molar-refractivity contribution in [1.82, 2.24) is 9.97 Å². The second-order valence-electron chi connectivity index (χ2n) is 5.62. The highest BCUT2D eigenvalue weighted by Crippen LogP contribution is 2.25. The van der Waals surface area contributed by atoms with Gasteiger partial charge >= 0.3 is 0 Å². The summed E-state index contributed by atoms with van der Waals surface area (Å²) in [5, 5.41) is 6.61. The number of nitrogens with one attached hydrogen (secondary N) is 2. The maximum Gasteiger partial charge on any atom is 0.135 e. The molecule has 0 amide bonds. The van der Waals surface area contributed by atoms with Gasteiger partial charge < -0.3 is 15.1 Å². The van der Waals surface area contributed by atoms with Gasteiger partial charge in [0.15, 0.2) is 0 Å². The zero-order chi connectivity index (χ0) is 16.2. The number of aromatic nitrogens is 2. The van der Waals surface area contributed by atoms with Gasteiger partial charge in [0, 0.05) is 11.8 Å². The predicted octanol–water partition coefficient (Wildman–Crippen LogP) is 4.35. The van der Waals surface area contributed by atoms with Gasteiger partial charge in [-0.3, -0.25) is 0 Å².